The molecule has 34 heavy (non-hydrogen) atoms. The molecule has 0 amide bonds. The Balaban J connectivity index is 2.39. The van der Waals surface area contributed by atoms with Gasteiger partial charge in [0.15, 0.2) is 5.79 Å². The van der Waals surface area contributed by atoms with Gasteiger partial charge in [0.25, 0.3) is 0 Å². The van der Waals surface area contributed by atoms with Crippen molar-refractivity contribution >= 4 is 0 Å². The Labute approximate surface area is 213 Å². The molecule has 1 fully saturated rings. The maximum atomic E-state index is 6.70. The minimum Gasteiger partial charge on any atom is -0.350 e. The zero-order valence-electron chi connectivity index (χ0n) is 23.4. The summed E-state index contributed by atoms with van der Waals surface area (Å²) in [7, 11) is 4.30. The van der Waals surface area contributed by atoms with Crippen molar-refractivity contribution in [3.05, 3.63) is 36.5 Å². The van der Waals surface area contributed by atoms with Gasteiger partial charge >= 0.3 is 0 Å². The second-order valence-corrected chi connectivity index (χ2v) is 10.6. The summed E-state index contributed by atoms with van der Waals surface area (Å²) in [5.41, 5.74) is 0. The van der Waals surface area contributed by atoms with E-state index >= 15 is 0 Å². The molecular weight excluding hydrogens is 418 g/mol. The summed E-state index contributed by atoms with van der Waals surface area (Å²) in [5, 5.41) is 0. The number of ether oxygens (including phenoxy) is 2. The first-order valence-electron chi connectivity index (χ1n) is 14.4. The van der Waals surface area contributed by atoms with Crippen molar-refractivity contribution in [2.45, 2.75) is 129 Å². The Hall–Kier alpha value is -0.900. The van der Waals surface area contributed by atoms with Crippen molar-refractivity contribution in [1.82, 2.24) is 4.90 Å². The molecule has 0 aromatic heterocycles. The van der Waals surface area contributed by atoms with Gasteiger partial charge in [-0.25, -0.2) is 0 Å². The topological polar surface area (TPSA) is 21.7 Å². The fourth-order valence-electron chi connectivity index (χ4n) is 4.54. The lowest BCUT2D eigenvalue weighted by molar-refractivity contribution is -0.301. The number of hydrogen-bond donors (Lipinski definition) is 0. The first-order valence-corrected chi connectivity index (χ1v) is 14.4. The number of allylic oxidation sites excluding steroid dienone is 6. The summed E-state index contributed by atoms with van der Waals surface area (Å²) >= 11 is 0. The van der Waals surface area contributed by atoms with Gasteiger partial charge in [0, 0.05) is 12.8 Å². The quantitative estimate of drug-likeness (QED) is 0.0997. The van der Waals surface area contributed by atoms with Gasteiger partial charge in [-0.3, -0.25) is 0 Å². The van der Waals surface area contributed by atoms with Gasteiger partial charge in [-0.05, 0) is 84.8 Å². The van der Waals surface area contributed by atoms with Crippen LogP contribution in [0.5, 0.6) is 0 Å². The highest BCUT2D eigenvalue weighted by atomic mass is 16.7. The molecule has 0 spiro atoms. The van der Waals surface area contributed by atoms with Gasteiger partial charge in [0.1, 0.15) is 0 Å². The van der Waals surface area contributed by atoms with E-state index in [9.17, 15) is 0 Å². The number of rotatable bonds is 20. The SMILES string of the molecule is CC=C/C=C\CCCCCCCC[C@@]1(CCCC/C=C/[C@@H](C)CC)OCCC(CCN(C)C)O1. The van der Waals surface area contributed by atoms with Crippen molar-refractivity contribution < 1.29 is 9.47 Å². The normalized spacial score (nSPS) is 22.6. The molecule has 0 radical (unpaired) electrons. The van der Waals surface area contributed by atoms with Crippen molar-refractivity contribution in [3.8, 4) is 0 Å². The van der Waals surface area contributed by atoms with E-state index in [1.807, 2.05) is 0 Å². The molecule has 198 valence electrons. The third-order valence-corrected chi connectivity index (χ3v) is 6.99. The van der Waals surface area contributed by atoms with E-state index in [0.717, 1.165) is 38.8 Å². The van der Waals surface area contributed by atoms with Gasteiger partial charge in [0.05, 0.1) is 12.7 Å². The van der Waals surface area contributed by atoms with Crippen molar-refractivity contribution in [3.63, 3.8) is 0 Å². The number of unbranched alkanes of at least 4 members (excludes halogenated alkanes) is 8. The third kappa shape index (κ3) is 15.9. The van der Waals surface area contributed by atoms with E-state index in [4.69, 9.17) is 9.47 Å². The standard InChI is InChI=1S/C31H57NO2/c1-6-8-9-10-11-12-13-14-15-17-20-25-31(26-21-18-16-19-22-29(3)7-2)33-28-24-30(34-31)23-27-32(4)5/h6,8-10,19,22,29-30H,7,11-18,20-21,23-28H2,1-5H3/b8-6?,10-9-,22-19+/t29-,30?,31+/m0/s1. The van der Waals surface area contributed by atoms with Crippen LogP contribution in [0.2, 0.25) is 0 Å². The van der Waals surface area contributed by atoms with Crippen LogP contribution >= 0.6 is 0 Å². The Morgan fingerprint density at radius 1 is 0.912 bits per heavy atom. The minimum absolute atomic E-state index is 0.340. The Kier molecular flexibility index (Phi) is 18.6. The van der Waals surface area contributed by atoms with Crippen LogP contribution in [0.15, 0.2) is 36.5 Å². The van der Waals surface area contributed by atoms with Gasteiger partial charge in [-0.15, -0.1) is 0 Å². The second-order valence-electron chi connectivity index (χ2n) is 10.6. The third-order valence-electron chi connectivity index (χ3n) is 6.99. The molecule has 1 aliphatic heterocycles. The Morgan fingerprint density at radius 2 is 1.56 bits per heavy atom. The lowest BCUT2D eigenvalue weighted by Gasteiger charge is -2.42. The predicted octanol–water partition coefficient (Wildman–Crippen LogP) is 8.86. The smallest absolute Gasteiger partial charge is 0.168 e. The maximum absolute atomic E-state index is 6.70. The molecule has 1 heterocycles. The summed E-state index contributed by atoms with van der Waals surface area (Å²) in [5.74, 6) is 0.358. The van der Waals surface area contributed by atoms with Gasteiger partial charge in [0.2, 0.25) is 0 Å². The molecule has 1 rings (SSSR count). The molecule has 1 saturated heterocycles. The highest BCUT2D eigenvalue weighted by Gasteiger charge is 2.37. The zero-order chi connectivity index (χ0) is 24.9. The summed E-state index contributed by atoms with van der Waals surface area (Å²) in [6, 6.07) is 0. The number of nitrogens with zero attached hydrogens (tertiary/aromatic N) is 1. The molecule has 0 N–H and O–H groups in total. The van der Waals surface area contributed by atoms with E-state index in [0.29, 0.717) is 12.0 Å². The first kappa shape index (κ1) is 31.1. The van der Waals surface area contributed by atoms with Crippen molar-refractivity contribution in [2.75, 3.05) is 27.2 Å². The van der Waals surface area contributed by atoms with Crippen LogP contribution in [-0.2, 0) is 9.47 Å². The van der Waals surface area contributed by atoms with Crippen LogP contribution in [0.3, 0.4) is 0 Å². The van der Waals surface area contributed by atoms with E-state index in [1.54, 1.807) is 0 Å². The van der Waals surface area contributed by atoms with Crippen molar-refractivity contribution in [2.24, 2.45) is 5.92 Å². The van der Waals surface area contributed by atoms with Crippen LogP contribution in [0.25, 0.3) is 0 Å². The second kappa shape index (κ2) is 20.3. The lowest BCUT2D eigenvalue weighted by Crippen LogP contribution is -2.45. The van der Waals surface area contributed by atoms with Gasteiger partial charge in [-0.2, -0.15) is 0 Å². The van der Waals surface area contributed by atoms with E-state index in [-0.39, 0.29) is 5.79 Å². The summed E-state index contributed by atoms with van der Waals surface area (Å²) in [6.45, 7) is 8.56. The molecule has 1 aliphatic rings. The Bertz CT molecular complexity index is 554. The molecule has 3 nitrogen and oxygen atoms in total. The monoisotopic (exact) mass is 475 g/mol. The molecule has 0 bridgehead atoms. The highest BCUT2D eigenvalue weighted by molar-refractivity contribution is 5.00. The van der Waals surface area contributed by atoms with Crippen LogP contribution in [-0.4, -0.2) is 44.0 Å². The molecule has 1 unspecified atom stereocenters. The first-order chi connectivity index (χ1) is 16.5. The van der Waals surface area contributed by atoms with Crippen molar-refractivity contribution in [1.29, 1.82) is 0 Å². The maximum Gasteiger partial charge on any atom is 0.168 e. The summed E-state index contributed by atoms with van der Waals surface area (Å²) in [4.78, 5) is 2.26. The average molecular weight is 476 g/mol. The Morgan fingerprint density at radius 3 is 2.26 bits per heavy atom. The summed E-state index contributed by atoms with van der Waals surface area (Å²) in [6.07, 6.45) is 31.8. The molecule has 0 aliphatic carbocycles. The van der Waals surface area contributed by atoms with Gasteiger partial charge in [-0.1, -0.05) is 82.4 Å². The van der Waals surface area contributed by atoms with Gasteiger partial charge < -0.3 is 14.4 Å². The van der Waals surface area contributed by atoms with E-state index < -0.39 is 0 Å². The largest absolute Gasteiger partial charge is 0.350 e. The van der Waals surface area contributed by atoms with E-state index in [2.05, 4.69) is 76.2 Å². The van der Waals surface area contributed by atoms with Crippen LogP contribution in [0.1, 0.15) is 117 Å². The van der Waals surface area contributed by atoms with Crippen LogP contribution < -0.4 is 0 Å². The predicted molar refractivity (Wildman–Crippen MR) is 149 cm³/mol. The highest BCUT2D eigenvalue weighted by Crippen LogP contribution is 2.34. The molecular formula is C31H57NO2. The molecule has 0 saturated carbocycles. The lowest BCUT2D eigenvalue weighted by atomic mass is 9.97. The van der Waals surface area contributed by atoms with E-state index in [1.165, 1.54) is 70.6 Å². The van der Waals surface area contributed by atoms with Crippen LogP contribution in [0, 0.1) is 5.92 Å². The average Bonchev–Trinajstić information content (AvgIpc) is 2.83. The fourth-order valence-corrected chi connectivity index (χ4v) is 4.54. The number of hydrogen-bond acceptors (Lipinski definition) is 3. The minimum atomic E-state index is -0.340. The molecule has 3 atom stereocenters. The zero-order valence-corrected chi connectivity index (χ0v) is 23.4. The fraction of sp³-hybridized carbons (Fsp3) is 0.806. The summed E-state index contributed by atoms with van der Waals surface area (Å²) < 4.78 is 13.1. The molecule has 0 aromatic carbocycles. The van der Waals surface area contributed by atoms with Crippen LogP contribution in [0.4, 0.5) is 0 Å². The molecule has 0 aromatic rings. The molecule has 3 heteroatoms.